The van der Waals surface area contributed by atoms with Crippen LogP contribution in [-0.4, -0.2) is 7.11 Å². The highest BCUT2D eigenvalue weighted by molar-refractivity contribution is 7.99. The fourth-order valence-electron chi connectivity index (χ4n) is 1.64. The summed E-state index contributed by atoms with van der Waals surface area (Å²) in [5.41, 5.74) is 0.954. The Morgan fingerprint density at radius 2 is 1.95 bits per heavy atom. The Morgan fingerprint density at radius 3 is 2.58 bits per heavy atom. The number of rotatable bonds is 4. The van der Waals surface area contributed by atoms with E-state index < -0.39 is 0 Å². The van der Waals surface area contributed by atoms with Gasteiger partial charge in [-0.25, -0.2) is 0 Å². The SMILES string of the molecule is COc1ccc(Sc2ccc(Cl)cc2CC#N)cc1. The number of nitrogens with zero attached hydrogens (tertiary/aromatic N) is 1. The smallest absolute Gasteiger partial charge is 0.118 e. The lowest BCUT2D eigenvalue weighted by atomic mass is 10.2. The molecule has 2 nitrogen and oxygen atoms in total. The summed E-state index contributed by atoms with van der Waals surface area (Å²) < 4.78 is 5.13. The third-order valence-electron chi connectivity index (χ3n) is 2.58. The Labute approximate surface area is 122 Å². The minimum Gasteiger partial charge on any atom is -0.497 e. The molecule has 0 fully saturated rings. The van der Waals surface area contributed by atoms with Gasteiger partial charge in [0.25, 0.3) is 0 Å². The van der Waals surface area contributed by atoms with Crippen LogP contribution in [0.5, 0.6) is 5.75 Å². The predicted molar refractivity (Wildman–Crippen MR) is 77.9 cm³/mol. The van der Waals surface area contributed by atoms with Crippen molar-refractivity contribution in [2.24, 2.45) is 0 Å². The molecule has 0 aliphatic heterocycles. The van der Waals surface area contributed by atoms with Crippen LogP contribution in [0.4, 0.5) is 0 Å². The van der Waals surface area contributed by atoms with E-state index >= 15 is 0 Å². The number of nitriles is 1. The Hall–Kier alpha value is -1.63. The van der Waals surface area contributed by atoms with Gasteiger partial charge in [0, 0.05) is 14.8 Å². The van der Waals surface area contributed by atoms with E-state index in [1.54, 1.807) is 18.9 Å². The zero-order chi connectivity index (χ0) is 13.7. The zero-order valence-electron chi connectivity index (χ0n) is 10.4. The molecule has 0 atom stereocenters. The Kier molecular flexibility index (Phi) is 4.73. The largest absolute Gasteiger partial charge is 0.497 e. The second-order valence-corrected chi connectivity index (χ2v) is 5.42. The van der Waals surface area contributed by atoms with E-state index in [1.165, 1.54) is 0 Å². The van der Waals surface area contributed by atoms with Gasteiger partial charge in [0.1, 0.15) is 5.75 Å². The fourth-order valence-corrected chi connectivity index (χ4v) is 2.76. The van der Waals surface area contributed by atoms with Crippen molar-refractivity contribution >= 4 is 23.4 Å². The molecule has 0 aromatic heterocycles. The van der Waals surface area contributed by atoms with Gasteiger partial charge in [-0.2, -0.15) is 5.26 Å². The first kappa shape index (κ1) is 13.8. The second kappa shape index (κ2) is 6.51. The number of benzene rings is 2. The van der Waals surface area contributed by atoms with Gasteiger partial charge in [-0.15, -0.1) is 0 Å². The maximum atomic E-state index is 8.85. The molecule has 96 valence electrons. The first-order chi connectivity index (χ1) is 9.22. The van der Waals surface area contributed by atoms with Gasteiger partial charge in [-0.3, -0.25) is 0 Å². The van der Waals surface area contributed by atoms with E-state index in [-0.39, 0.29) is 0 Å². The quantitative estimate of drug-likeness (QED) is 0.827. The fraction of sp³-hybridized carbons (Fsp3) is 0.133. The number of hydrogen-bond acceptors (Lipinski definition) is 3. The molecule has 0 radical (unpaired) electrons. The molecule has 0 aliphatic carbocycles. The highest BCUT2D eigenvalue weighted by Gasteiger charge is 2.05. The highest BCUT2D eigenvalue weighted by Crippen LogP contribution is 2.33. The average molecular weight is 290 g/mol. The summed E-state index contributed by atoms with van der Waals surface area (Å²) in [7, 11) is 1.65. The van der Waals surface area contributed by atoms with Gasteiger partial charge in [0.05, 0.1) is 19.6 Å². The van der Waals surface area contributed by atoms with E-state index in [1.807, 2.05) is 42.5 Å². The zero-order valence-corrected chi connectivity index (χ0v) is 12.0. The summed E-state index contributed by atoms with van der Waals surface area (Å²) in [6.07, 6.45) is 0.360. The third kappa shape index (κ3) is 3.66. The normalized spacial score (nSPS) is 9.95. The first-order valence-corrected chi connectivity index (χ1v) is 6.89. The molecule has 4 heteroatoms. The van der Waals surface area contributed by atoms with E-state index in [9.17, 15) is 0 Å². The summed E-state index contributed by atoms with van der Waals surface area (Å²) in [6.45, 7) is 0. The molecule has 2 aromatic carbocycles. The maximum Gasteiger partial charge on any atom is 0.118 e. The van der Waals surface area contributed by atoms with Crippen LogP contribution in [0.15, 0.2) is 52.3 Å². The highest BCUT2D eigenvalue weighted by atomic mass is 35.5. The maximum absolute atomic E-state index is 8.85. The molecule has 0 spiro atoms. The molecule has 0 saturated carbocycles. The number of hydrogen-bond donors (Lipinski definition) is 0. The van der Waals surface area contributed by atoms with E-state index in [0.717, 1.165) is 21.1 Å². The van der Waals surface area contributed by atoms with Gasteiger partial charge < -0.3 is 4.74 Å². The molecule has 0 N–H and O–H groups in total. The van der Waals surface area contributed by atoms with Crippen LogP contribution in [0, 0.1) is 11.3 Å². The first-order valence-electron chi connectivity index (χ1n) is 5.70. The molecule has 2 rings (SSSR count). The van der Waals surface area contributed by atoms with E-state index in [0.29, 0.717) is 11.4 Å². The summed E-state index contributed by atoms with van der Waals surface area (Å²) in [4.78, 5) is 2.15. The minimum absolute atomic E-state index is 0.360. The summed E-state index contributed by atoms with van der Waals surface area (Å²) in [6, 6.07) is 15.6. The van der Waals surface area contributed by atoms with Crippen LogP contribution >= 0.6 is 23.4 Å². The van der Waals surface area contributed by atoms with Crippen molar-refractivity contribution in [1.29, 1.82) is 5.26 Å². The van der Waals surface area contributed by atoms with Gasteiger partial charge in [0.15, 0.2) is 0 Å². The Balaban J connectivity index is 2.24. The molecule has 0 amide bonds. The van der Waals surface area contributed by atoms with Crippen LogP contribution < -0.4 is 4.74 Å². The van der Waals surface area contributed by atoms with E-state index in [2.05, 4.69) is 6.07 Å². The van der Waals surface area contributed by atoms with Crippen LogP contribution in [-0.2, 0) is 6.42 Å². The molecular weight excluding hydrogens is 278 g/mol. The lowest BCUT2D eigenvalue weighted by Crippen LogP contribution is -1.87. The molecule has 0 bridgehead atoms. The Bertz CT molecular complexity index is 605. The molecule has 19 heavy (non-hydrogen) atoms. The molecule has 0 saturated heterocycles. The van der Waals surface area contributed by atoms with Gasteiger partial charge in [0.2, 0.25) is 0 Å². The topological polar surface area (TPSA) is 33.0 Å². The molecule has 0 aliphatic rings. The second-order valence-electron chi connectivity index (χ2n) is 3.86. The minimum atomic E-state index is 0.360. The Morgan fingerprint density at radius 1 is 1.21 bits per heavy atom. The summed E-state index contributed by atoms with van der Waals surface area (Å²) in [5.74, 6) is 0.831. The van der Waals surface area contributed by atoms with Crippen molar-refractivity contribution in [3.63, 3.8) is 0 Å². The van der Waals surface area contributed by atoms with Crippen LogP contribution in [0.3, 0.4) is 0 Å². The average Bonchev–Trinajstić information content (AvgIpc) is 2.43. The number of ether oxygens (including phenoxy) is 1. The van der Waals surface area contributed by atoms with Crippen molar-refractivity contribution in [1.82, 2.24) is 0 Å². The lowest BCUT2D eigenvalue weighted by Gasteiger charge is -2.08. The van der Waals surface area contributed by atoms with E-state index in [4.69, 9.17) is 21.6 Å². The third-order valence-corrected chi connectivity index (χ3v) is 3.94. The lowest BCUT2D eigenvalue weighted by molar-refractivity contribution is 0.414. The number of halogens is 1. The van der Waals surface area contributed by atoms with Gasteiger partial charge >= 0.3 is 0 Å². The molecular formula is C15H12ClNOS. The predicted octanol–water partition coefficient (Wildman–Crippen LogP) is 4.57. The van der Waals surface area contributed by atoms with Crippen molar-refractivity contribution in [3.8, 4) is 11.8 Å². The van der Waals surface area contributed by atoms with Crippen molar-refractivity contribution < 1.29 is 4.74 Å². The van der Waals surface area contributed by atoms with Crippen LogP contribution in [0.25, 0.3) is 0 Å². The molecule has 0 heterocycles. The summed E-state index contributed by atoms with van der Waals surface area (Å²) >= 11 is 7.58. The van der Waals surface area contributed by atoms with Gasteiger partial charge in [-0.1, -0.05) is 23.4 Å². The van der Waals surface area contributed by atoms with Crippen molar-refractivity contribution in [3.05, 3.63) is 53.1 Å². The monoisotopic (exact) mass is 289 g/mol. The van der Waals surface area contributed by atoms with Crippen molar-refractivity contribution in [2.75, 3.05) is 7.11 Å². The van der Waals surface area contributed by atoms with Gasteiger partial charge in [-0.05, 0) is 48.0 Å². The molecule has 2 aromatic rings. The van der Waals surface area contributed by atoms with Crippen LogP contribution in [0.1, 0.15) is 5.56 Å². The standard InChI is InChI=1S/C15H12ClNOS/c1-18-13-3-5-14(6-4-13)19-15-7-2-12(16)10-11(15)8-9-17/h2-7,10H,8H2,1H3. The molecule has 0 unspecified atom stereocenters. The summed E-state index contributed by atoms with van der Waals surface area (Å²) in [5, 5.41) is 9.51. The van der Waals surface area contributed by atoms with Crippen molar-refractivity contribution in [2.45, 2.75) is 16.2 Å². The van der Waals surface area contributed by atoms with Crippen LogP contribution in [0.2, 0.25) is 5.02 Å². The number of methoxy groups -OCH3 is 1.